The second-order valence-electron chi connectivity index (χ2n) is 6.93. The van der Waals surface area contributed by atoms with Crippen LogP contribution in [0.1, 0.15) is 34.6 Å². The lowest BCUT2D eigenvalue weighted by atomic mass is 10.2. The lowest BCUT2D eigenvalue weighted by Crippen LogP contribution is -2.36. The molecule has 11 heteroatoms. The molecule has 35 heavy (non-hydrogen) atoms. The number of Topliss-reactive ketones (excluding diaryl/α,β-unsaturated/α-hetero) is 1. The van der Waals surface area contributed by atoms with Gasteiger partial charge in [-0.2, -0.15) is 5.11 Å². The van der Waals surface area contributed by atoms with Crippen molar-refractivity contribution in [2.75, 3.05) is 30.8 Å². The molecule has 0 aromatic heterocycles. The number of hydrogen-bond acceptors (Lipinski definition) is 8. The zero-order chi connectivity index (χ0) is 26.0. The van der Waals surface area contributed by atoms with E-state index < -0.39 is 17.7 Å². The Morgan fingerprint density at radius 2 is 1.46 bits per heavy atom. The van der Waals surface area contributed by atoms with E-state index in [0.29, 0.717) is 48.7 Å². The molecule has 0 radical (unpaired) electrons. The van der Waals surface area contributed by atoms with E-state index in [-0.39, 0.29) is 17.1 Å². The minimum atomic E-state index is -1.53. The van der Waals surface area contributed by atoms with Crippen LogP contribution in [0.3, 0.4) is 0 Å². The molecule has 1 unspecified atom stereocenters. The van der Waals surface area contributed by atoms with Crippen LogP contribution in [0.15, 0.2) is 40.6 Å². The van der Waals surface area contributed by atoms with Gasteiger partial charge in [0, 0.05) is 28.9 Å². The summed E-state index contributed by atoms with van der Waals surface area (Å²) in [5, 5.41) is 8.53. The summed E-state index contributed by atoms with van der Waals surface area (Å²) in [5.74, 6) is -0.0966. The molecule has 0 heterocycles. The minimum Gasteiger partial charge on any atom is -0.491 e. The maximum Gasteiger partial charge on any atom is 0.276 e. The van der Waals surface area contributed by atoms with Crippen LogP contribution in [-0.4, -0.2) is 44.2 Å². The smallest absolute Gasteiger partial charge is 0.276 e. The summed E-state index contributed by atoms with van der Waals surface area (Å²) in [5.41, 5.74) is 0.411. The third-order valence-electron chi connectivity index (χ3n) is 4.45. The summed E-state index contributed by atoms with van der Waals surface area (Å²) >= 11 is 12.6. The maximum absolute atomic E-state index is 13.2. The van der Waals surface area contributed by atoms with Crippen LogP contribution >= 0.6 is 23.4 Å². The van der Waals surface area contributed by atoms with Gasteiger partial charge in [0.25, 0.3) is 5.91 Å². The number of hydrogen-bond donors (Lipinski definition) is 0. The first-order valence-electron chi connectivity index (χ1n) is 11.2. The summed E-state index contributed by atoms with van der Waals surface area (Å²) in [7, 11) is 0. The van der Waals surface area contributed by atoms with Gasteiger partial charge in [-0.05, 0) is 46.8 Å². The minimum absolute atomic E-state index is 0.201. The van der Waals surface area contributed by atoms with Crippen molar-refractivity contribution in [1.82, 2.24) is 0 Å². The van der Waals surface area contributed by atoms with Crippen molar-refractivity contribution in [3.8, 4) is 23.0 Å². The second kappa shape index (κ2) is 13.7. The fourth-order valence-corrected chi connectivity index (χ4v) is 3.47. The molecular formula is C24H29Cl2N3O6. The van der Waals surface area contributed by atoms with E-state index in [1.54, 1.807) is 51.1 Å². The summed E-state index contributed by atoms with van der Waals surface area (Å²) in [4.78, 5) is 25.6. The van der Waals surface area contributed by atoms with Crippen LogP contribution in [0.5, 0.6) is 23.0 Å². The van der Waals surface area contributed by atoms with Crippen molar-refractivity contribution >= 4 is 46.4 Å². The lowest BCUT2D eigenvalue weighted by Gasteiger charge is -2.21. The molecule has 9 nitrogen and oxygen atoms in total. The SMILES string of the molecule is CCOc1cc(Cl)cc(OCC)c1N=NC(C(C)=O)C(=O)N(Cl)c1cccc(OCC)c1OCC. The number of ketones is 1. The second-order valence-corrected chi connectivity index (χ2v) is 7.71. The van der Waals surface area contributed by atoms with Crippen LogP contribution in [0.4, 0.5) is 11.4 Å². The molecule has 1 atom stereocenters. The van der Waals surface area contributed by atoms with Gasteiger partial charge in [0.15, 0.2) is 34.5 Å². The Bertz CT molecular complexity index is 1040. The number of ether oxygens (including phenoxy) is 4. The first-order chi connectivity index (χ1) is 16.8. The van der Waals surface area contributed by atoms with Crippen molar-refractivity contribution in [3.05, 3.63) is 35.4 Å². The van der Waals surface area contributed by atoms with Gasteiger partial charge in [0.1, 0.15) is 5.69 Å². The molecule has 2 aromatic carbocycles. The van der Waals surface area contributed by atoms with Crippen LogP contribution in [0.2, 0.25) is 5.02 Å². The highest BCUT2D eigenvalue weighted by Crippen LogP contribution is 2.42. The molecule has 190 valence electrons. The lowest BCUT2D eigenvalue weighted by molar-refractivity contribution is -0.126. The number of azo groups is 1. The van der Waals surface area contributed by atoms with E-state index in [1.165, 1.54) is 6.92 Å². The largest absolute Gasteiger partial charge is 0.491 e. The van der Waals surface area contributed by atoms with Crippen LogP contribution < -0.4 is 23.4 Å². The van der Waals surface area contributed by atoms with Gasteiger partial charge in [-0.15, -0.1) is 5.11 Å². The van der Waals surface area contributed by atoms with Crippen molar-refractivity contribution in [2.45, 2.75) is 40.7 Å². The third kappa shape index (κ3) is 7.22. The molecule has 0 bridgehead atoms. The highest BCUT2D eigenvalue weighted by atomic mass is 35.5. The van der Waals surface area contributed by atoms with Crippen LogP contribution in [0.25, 0.3) is 0 Å². The topological polar surface area (TPSA) is 99.0 Å². The van der Waals surface area contributed by atoms with E-state index >= 15 is 0 Å². The standard InChI is InChI=1S/C24H29Cl2N3O6/c1-6-32-18-12-10-11-17(23(18)35-9-4)29(26)24(31)21(15(5)30)27-28-22-19(33-7-2)13-16(25)14-20(22)34-8-3/h10-14,21H,6-9H2,1-5H3. The molecule has 0 aliphatic heterocycles. The van der Waals surface area contributed by atoms with Gasteiger partial charge in [0.2, 0.25) is 6.04 Å². The summed E-state index contributed by atoms with van der Waals surface area (Å²) in [6, 6.07) is 6.50. The van der Waals surface area contributed by atoms with Gasteiger partial charge in [-0.1, -0.05) is 17.7 Å². The zero-order valence-electron chi connectivity index (χ0n) is 20.3. The number of rotatable bonds is 13. The maximum atomic E-state index is 13.2. The zero-order valence-corrected chi connectivity index (χ0v) is 21.9. The number of anilines is 1. The highest BCUT2D eigenvalue weighted by Gasteiger charge is 2.31. The third-order valence-corrected chi connectivity index (χ3v) is 5.02. The van der Waals surface area contributed by atoms with Crippen molar-refractivity contribution in [2.24, 2.45) is 10.2 Å². The Morgan fingerprint density at radius 1 is 0.914 bits per heavy atom. The first-order valence-corrected chi connectivity index (χ1v) is 11.9. The molecule has 0 N–H and O–H groups in total. The number of carbonyl (C=O) groups is 2. The Hall–Kier alpha value is -3.04. The number of benzene rings is 2. The van der Waals surface area contributed by atoms with Crippen molar-refractivity contribution in [1.29, 1.82) is 0 Å². The molecule has 0 aliphatic rings. The number of para-hydroxylation sites is 1. The predicted molar refractivity (Wildman–Crippen MR) is 135 cm³/mol. The first kappa shape index (κ1) is 28.2. The van der Waals surface area contributed by atoms with Crippen LogP contribution in [-0.2, 0) is 9.59 Å². The van der Waals surface area contributed by atoms with Crippen LogP contribution in [0, 0.1) is 0 Å². The summed E-state index contributed by atoms with van der Waals surface area (Å²) < 4.78 is 23.2. The van der Waals surface area contributed by atoms with E-state index in [0.717, 1.165) is 4.42 Å². The van der Waals surface area contributed by atoms with E-state index in [1.807, 2.05) is 6.92 Å². The average Bonchev–Trinajstić information content (AvgIpc) is 2.81. The summed E-state index contributed by atoms with van der Waals surface area (Å²) in [6.07, 6.45) is 0. The molecular weight excluding hydrogens is 497 g/mol. The van der Waals surface area contributed by atoms with E-state index in [2.05, 4.69) is 10.2 Å². The Kier molecular flexibility index (Phi) is 11.1. The van der Waals surface area contributed by atoms with Gasteiger partial charge >= 0.3 is 0 Å². The van der Waals surface area contributed by atoms with Crippen molar-refractivity contribution in [3.63, 3.8) is 0 Å². The monoisotopic (exact) mass is 525 g/mol. The molecule has 1 amide bonds. The van der Waals surface area contributed by atoms with Gasteiger partial charge < -0.3 is 18.9 Å². The number of carbonyl (C=O) groups excluding carboxylic acids is 2. The van der Waals surface area contributed by atoms with E-state index in [9.17, 15) is 9.59 Å². The molecule has 0 saturated carbocycles. The molecule has 2 aromatic rings. The number of amides is 1. The Balaban J connectivity index is 2.48. The predicted octanol–water partition coefficient (Wildman–Crippen LogP) is 6.16. The molecule has 0 spiro atoms. The normalized spacial score (nSPS) is 11.7. The Morgan fingerprint density at radius 3 is 1.97 bits per heavy atom. The van der Waals surface area contributed by atoms with Gasteiger partial charge in [-0.25, -0.2) is 4.42 Å². The highest BCUT2D eigenvalue weighted by molar-refractivity contribution is 6.39. The van der Waals surface area contributed by atoms with Gasteiger partial charge in [-0.3, -0.25) is 9.59 Å². The number of nitrogens with zero attached hydrogens (tertiary/aromatic N) is 3. The van der Waals surface area contributed by atoms with Gasteiger partial charge in [0.05, 0.1) is 26.4 Å². The molecule has 0 aliphatic carbocycles. The fourth-order valence-electron chi connectivity index (χ4n) is 3.04. The fraction of sp³-hybridized carbons (Fsp3) is 0.417. The van der Waals surface area contributed by atoms with E-state index in [4.69, 9.17) is 42.3 Å². The molecule has 0 fully saturated rings. The molecule has 2 rings (SSSR count). The number of halogens is 2. The van der Waals surface area contributed by atoms with Crippen molar-refractivity contribution < 1.29 is 28.5 Å². The Labute approximate surface area is 215 Å². The molecule has 0 saturated heterocycles. The average molecular weight is 526 g/mol. The summed E-state index contributed by atoms with van der Waals surface area (Å²) in [6.45, 7) is 9.77. The quantitative estimate of drug-likeness (QED) is 0.176.